The van der Waals surface area contributed by atoms with E-state index in [0.29, 0.717) is 6.04 Å². The highest BCUT2D eigenvalue weighted by Gasteiger charge is 2.28. The van der Waals surface area contributed by atoms with E-state index in [2.05, 4.69) is 6.92 Å². The summed E-state index contributed by atoms with van der Waals surface area (Å²) in [6, 6.07) is 0.348. The van der Waals surface area contributed by atoms with Gasteiger partial charge in [-0.15, -0.1) is 0 Å². The summed E-state index contributed by atoms with van der Waals surface area (Å²) >= 11 is 11.1. The molecular weight excluding hydrogens is 209 g/mol. The van der Waals surface area contributed by atoms with Crippen molar-refractivity contribution in [1.29, 1.82) is 0 Å². The molecule has 1 fully saturated rings. The zero-order valence-corrected chi connectivity index (χ0v) is 9.31. The van der Waals surface area contributed by atoms with E-state index < -0.39 is 4.84 Å². The van der Waals surface area contributed by atoms with Gasteiger partial charge in [-0.05, 0) is 25.7 Å². The maximum atomic E-state index is 11.5. The zero-order valence-electron chi connectivity index (χ0n) is 7.80. The van der Waals surface area contributed by atoms with Gasteiger partial charge in [-0.2, -0.15) is 0 Å². The highest BCUT2D eigenvalue weighted by atomic mass is 35.5. The molecule has 1 heterocycles. The Morgan fingerprint density at radius 2 is 2.23 bits per heavy atom. The molecule has 1 aliphatic heterocycles. The minimum Gasteiger partial charge on any atom is -0.337 e. The summed E-state index contributed by atoms with van der Waals surface area (Å²) in [6.07, 6.45) is 4.36. The molecule has 0 aromatic carbocycles. The lowest BCUT2D eigenvalue weighted by Crippen LogP contribution is -2.45. The number of halogens is 2. The van der Waals surface area contributed by atoms with E-state index in [4.69, 9.17) is 23.2 Å². The summed E-state index contributed by atoms with van der Waals surface area (Å²) in [5.74, 6) is -0.130. The lowest BCUT2D eigenvalue weighted by atomic mass is 10.0. The van der Waals surface area contributed by atoms with Gasteiger partial charge < -0.3 is 4.90 Å². The van der Waals surface area contributed by atoms with Crippen LogP contribution in [0.15, 0.2) is 0 Å². The second-order valence-electron chi connectivity index (χ2n) is 3.39. The summed E-state index contributed by atoms with van der Waals surface area (Å²) in [6.45, 7) is 2.90. The highest BCUT2D eigenvalue weighted by Crippen LogP contribution is 2.22. The van der Waals surface area contributed by atoms with E-state index in [1.54, 1.807) is 0 Å². The summed E-state index contributed by atoms with van der Waals surface area (Å²) in [4.78, 5) is 12.5. The van der Waals surface area contributed by atoms with Gasteiger partial charge >= 0.3 is 0 Å². The molecule has 1 atom stereocenters. The number of hydrogen-bond donors (Lipinski definition) is 0. The number of amides is 1. The topological polar surface area (TPSA) is 20.3 Å². The Kier molecular flexibility index (Phi) is 4.33. The number of hydrogen-bond acceptors (Lipinski definition) is 1. The molecule has 1 aliphatic rings. The fraction of sp³-hybridized carbons (Fsp3) is 0.889. The van der Waals surface area contributed by atoms with Crippen molar-refractivity contribution >= 4 is 29.1 Å². The normalized spacial score (nSPS) is 23.7. The van der Waals surface area contributed by atoms with Gasteiger partial charge in [0.25, 0.3) is 5.91 Å². The summed E-state index contributed by atoms with van der Waals surface area (Å²) in [5.41, 5.74) is 0. The highest BCUT2D eigenvalue weighted by molar-refractivity contribution is 6.53. The van der Waals surface area contributed by atoms with E-state index in [9.17, 15) is 4.79 Å². The van der Waals surface area contributed by atoms with Gasteiger partial charge in [-0.3, -0.25) is 4.79 Å². The Morgan fingerprint density at radius 3 is 2.77 bits per heavy atom. The van der Waals surface area contributed by atoms with Crippen LogP contribution in [0.25, 0.3) is 0 Å². The molecular formula is C9H15Cl2NO. The van der Waals surface area contributed by atoms with Crippen molar-refractivity contribution < 1.29 is 4.79 Å². The van der Waals surface area contributed by atoms with Gasteiger partial charge in [0, 0.05) is 12.6 Å². The second-order valence-corrected chi connectivity index (χ2v) is 4.49. The van der Waals surface area contributed by atoms with E-state index >= 15 is 0 Å². The van der Waals surface area contributed by atoms with Gasteiger partial charge in [0.1, 0.15) is 0 Å². The Balaban J connectivity index is 2.58. The number of nitrogens with zero attached hydrogens (tertiary/aromatic N) is 1. The number of carbonyl (C=O) groups is 1. The number of likely N-dealkylation sites (tertiary alicyclic amines) is 1. The van der Waals surface area contributed by atoms with Crippen molar-refractivity contribution in [2.45, 2.75) is 43.5 Å². The largest absolute Gasteiger partial charge is 0.337 e. The molecule has 1 unspecified atom stereocenters. The predicted molar refractivity (Wildman–Crippen MR) is 55.1 cm³/mol. The Hall–Kier alpha value is 0.0500. The first-order valence-corrected chi connectivity index (χ1v) is 5.62. The molecule has 4 heteroatoms. The molecule has 0 aliphatic carbocycles. The molecule has 0 N–H and O–H groups in total. The Labute approximate surface area is 89.2 Å². The van der Waals surface area contributed by atoms with E-state index in [1.807, 2.05) is 4.90 Å². The van der Waals surface area contributed by atoms with Gasteiger partial charge in [0.2, 0.25) is 0 Å². The predicted octanol–water partition coefficient (Wildman–Crippen LogP) is 2.58. The van der Waals surface area contributed by atoms with E-state index in [1.165, 1.54) is 6.42 Å². The van der Waals surface area contributed by atoms with Crippen LogP contribution in [0.3, 0.4) is 0 Å². The van der Waals surface area contributed by atoms with Crippen LogP contribution in [0.4, 0.5) is 0 Å². The molecule has 0 bridgehead atoms. The molecule has 0 saturated carbocycles. The summed E-state index contributed by atoms with van der Waals surface area (Å²) in [7, 11) is 0. The minimum atomic E-state index is -0.896. The van der Waals surface area contributed by atoms with Crippen LogP contribution in [0, 0.1) is 0 Å². The number of alkyl halides is 2. The third kappa shape index (κ3) is 2.75. The Bertz CT molecular complexity index is 184. The van der Waals surface area contributed by atoms with E-state index in [-0.39, 0.29) is 5.91 Å². The lowest BCUT2D eigenvalue weighted by Gasteiger charge is -2.35. The first-order valence-electron chi connectivity index (χ1n) is 4.75. The zero-order chi connectivity index (χ0) is 9.84. The van der Waals surface area contributed by atoms with Crippen LogP contribution in [-0.4, -0.2) is 28.2 Å². The second kappa shape index (κ2) is 5.06. The number of rotatable bonds is 2. The maximum absolute atomic E-state index is 11.5. The fourth-order valence-corrected chi connectivity index (χ4v) is 2.09. The van der Waals surface area contributed by atoms with Crippen molar-refractivity contribution in [2.75, 3.05) is 6.54 Å². The molecule has 1 amide bonds. The van der Waals surface area contributed by atoms with Crippen LogP contribution in [0.2, 0.25) is 0 Å². The third-order valence-electron chi connectivity index (χ3n) is 2.57. The molecule has 76 valence electrons. The summed E-state index contributed by atoms with van der Waals surface area (Å²) in [5, 5.41) is 0. The van der Waals surface area contributed by atoms with Crippen molar-refractivity contribution in [3.63, 3.8) is 0 Å². The Morgan fingerprint density at radius 1 is 1.54 bits per heavy atom. The standard InChI is InChI=1S/C9H15Cl2NO/c1-2-7-5-3-4-6-12(7)9(13)8(10)11/h7-8H,2-6H2,1H3. The fourth-order valence-electron chi connectivity index (χ4n) is 1.84. The monoisotopic (exact) mass is 223 g/mol. The third-order valence-corrected chi connectivity index (χ3v) is 2.94. The smallest absolute Gasteiger partial charge is 0.256 e. The lowest BCUT2D eigenvalue weighted by molar-refractivity contribution is -0.133. The number of carbonyl (C=O) groups excluding carboxylic acids is 1. The van der Waals surface area contributed by atoms with Gasteiger partial charge in [-0.25, -0.2) is 0 Å². The van der Waals surface area contributed by atoms with Crippen LogP contribution < -0.4 is 0 Å². The molecule has 1 saturated heterocycles. The van der Waals surface area contributed by atoms with Crippen LogP contribution in [0.5, 0.6) is 0 Å². The molecule has 0 radical (unpaired) electrons. The number of piperidine rings is 1. The van der Waals surface area contributed by atoms with E-state index in [0.717, 1.165) is 25.8 Å². The van der Waals surface area contributed by atoms with Crippen molar-refractivity contribution in [3.8, 4) is 0 Å². The van der Waals surface area contributed by atoms with Gasteiger partial charge in [-0.1, -0.05) is 30.1 Å². The summed E-state index contributed by atoms with van der Waals surface area (Å²) < 4.78 is 0. The minimum absolute atomic E-state index is 0.130. The SMILES string of the molecule is CCC1CCCCN1C(=O)C(Cl)Cl. The average Bonchev–Trinajstić information content (AvgIpc) is 2.16. The first kappa shape index (κ1) is 11.1. The average molecular weight is 224 g/mol. The van der Waals surface area contributed by atoms with Gasteiger partial charge in [0.15, 0.2) is 4.84 Å². The quantitative estimate of drug-likeness (QED) is 0.660. The molecule has 0 aromatic rings. The van der Waals surface area contributed by atoms with Crippen molar-refractivity contribution in [2.24, 2.45) is 0 Å². The molecule has 13 heavy (non-hydrogen) atoms. The molecule has 1 rings (SSSR count). The molecule has 2 nitrogen and oxygen atoms in total. The molecule has 0 aromatic heterocycles. The van der Waals surface area contributed by atoms with Gasteiger partial charge in [0.05, 0.1) is 0 Å². The van der Waals surface area contributed by atoms with Crippen molar-refractivity contribution in [1.82, 2.24) is 4.90 Å². The molecule has 0 spiro atoms. The van der Waals surface area contributed by atoms with Crippen molar-refractivity contribution in [3.05, 3.63) is 0 Å². The first-order chi connectivity index (χ1) is 6.16. The van der Waals surface area contributed by atoms with Crippen LogP contribution in [0.1, 0.15) is 32.6 Å². The van der Waals surface area contributed by atoms with Crippen LogP contribution in [-0.2, 0) is 4.79 Å². The van der Waals surface area contributed by atoms with Crippen LogP contribution >= 0.6 is 23.2 Å². The maximum Gasteiger partial charge on any atom is 0.256 e.